The highest BCUT2D eigenvalue weighted by Gasteiger charge is 2.30. The van der Waals surface area contributed by atoms with Crippen molar-refractivity contribution in [2.24, 2.45) is 0 Å². The Balaban J connectivity index is 2.40. The molecule has 106 valence electrons. The Morgan fingerprint density at radius 2 is 1.75 bits per heavy atom. The predicted octanol–water partition coefficient (Wildman–Crippen LogP) is 2.42. The van der Waals surface area contributed by atoms with Crippen molar-refractivity contribution in [2.45, 2.75) is 39.7 Å². The molecule has 2 unspecified atom stereocenters. The van der Waals surface area contributed by atoms with Crippen molar-refractivity contribution in [1.29, 1.82) is 0 Å². The molecule has 0 aliphatic heterocycles. The van der Waals surface area contributed by atoms with Crippen LogP contribution < -0.4 is 4.57 Å². The van der Waals surface area contributed by atoms with E-state index >= 15 is 0 Å². The molecule has 2 rings (SSSR count). The third kappa shape index (κ3) is 2.50. The molecule has 6 heteroatoms. The predicted molar refractivity (Wildman–Crippen MR) is 69.0 cm³/mol. The van der Waals surface area contributed by atoms with Crippen LogP contribution in [0.25, 0.3) is 0 Å². The Labute approximate surface area is 116 Å². The molecule has 2 heterocycles. The normalized spacial score (nSPS) is 14.1. The van der Waals surface area contributed by atoms with Gasteiger partial charge < -0.3 is 0 Å². The van der Waals surface area contributed by atoms with Crippen molar-refractivity contribution in [3.8, 4) is 0 Å². The minimum atomic E-state index is -0.432. The summed E-state index contributed by atoms with van der Waals surface area (Å²) in [5, 5.41) is 0. The van der Waals surface area contributed by atoms with Crippen molar-refractivity contribution in [2.75, 3.05) is 0 Å². The topological polar surface area (TPSA) is 42.5 Å². The van der Waals surface area contributed by atoms with Crippen LogP contribution in [0, 0.1) is 25.6 Å². The van der Waals surface area contributed by atoms with Gasteiger partial charge in [0.2, 0.25) is 0 Å². The summed E-state index contributed by atoms with van der Waals surface area (Å²) < 4.78 is 29.6. The van der Waals surface area contributed by atoms with E-state index < -0.39 is 11.8 Å². The molecule has 0 aromatic carbocycles. The molecular weight excluding hydrogens is 262 g/mol. The fourth-order valence-corrected chi connectivity index (χ4v) is 2.10. The van der Waals surface area contributed by atoms with E-state index in [0.29, 0.717) is 17.1 Å². The molecule has 0 aliphatic carbocycles. The third-order valence-electron chi connectivity index (χ3n) is 3.61. The van der Waals surface area contributed by atoms with E-state index in [1.54, 1.807) is 20.0 Å². The van der Waals surface area contributed by atoms with E-state index in [0.717, 1.165) is 0 Å². The maximum atomic E-state index is 14.1. The molecule has 2 aromatic heterocycles. The summed E-state index contributed by atoms with van der Waals surface area (Å²) in [4.78, 5) is 11.7. The summed E-state index contributed by atoms with van der Waals surface area (Å²) in [7, 11) is 0. The Morgan fingerprint density at radius 3 is 2.45 bits per heavy atom. The lowest BCUT2D eigenvalue weighted by atomic mass is 9.98. The lowest BCUT2D eigenvalue weighted by Gasteiger charge is -2.16. The molecule has 0 radical (unpaired) electrons. The zero-order valence-corrected chi connectivity index (χ0v) is 11.9. The minimum absolute atomic E-state index is 0.291. The van der Waals surface area contributed by atoms with Gasteiger partial charge in [0.15, 0.2) is 18.1 Å². The zero-order valence-electron chi connectivity index (χ0n) is 11.9. The van der Waals surface area contributed by atoms with E-state index in [1.807, 2.05) is 13.8 Å². The van der Waals surface area contributed by atoms with Crippen LogP contribution in [0.4, 0.5) is 8.78 Å². The summed E-state index contributed by atoms with van der Waals surface area (Å²) in [5.41, 5.74) is 0.905. The van der Waals surface area contributed by atoms with E-state index in [1.165, 1.54) is 17.1 Å². The van der Waals surface area contributed by atoms with Gasteiger partial charge in [-0.3, -0.25) is 0 Å². The highest BCUT2D eigenvalue weighted by molar-refractivity contribution is 5.14. The van der Waals surface area contributed by atoms with Gasteiger partial charge in [-0.1, -0.05) is 6.92 Å². The lowest BCUT2D eigenvalue weighted by Crippen LogP contribution is -2.45. The molecular formula is C14H17F2N4+. The number of aromatic nitrogens is 4. The van der Waals surface area contributed by atoms with Gasteiger partial charge in [-0.15, -0.1) is 4.39 Å². The Hall–Kier alpha value is -1.98. The standard InChI is InChI=1S/C14H17F2N4/c1-8(13-12(15)9(2)18-7-19-13)11(4)20-6-5-17-10(3)14(20)16/h5-8,11H,1-4H3/q+1. The molecule has 0 bridgehead atoms. The van der Waals surface area contributed by atoms with E-state index in [-0.39, 0.29) is 12.0 Å². The van der Waals surface area contributed by atoms with Crippen molar-refractivity contribution in [3.05, 3.63) is 47.6 Å². The SMILES string of the molecule is Cc1ncnc(C(C)C(C)[n+]2ccnc(C)c2F)c1F. The number of hydrogen-bond acceptors (Lipinski definition) is 3. The maximum absolute atomic E-state index is 14.1. The highest BCUT2D eigenvalue weighted by atomic mass is 19.1. The molecule has 0 spiro atoms. The average molecular weight is 279 g/mol. The maximum Gasteiger partial charge on any atom is 0.381 e. The van der Waals surface area contributed by atoms with Crippen LogP contribution in [0.1, 0.15) is 42.9 Å². The Morgan fingerprint density at radius 1 is 1.05 bits per heavy atom. The summed E-state index contributed by atoms with van der Waals surface area (Å²) in [6, 6.07) is -0.291. The molecule has 0 aliphatic rings. The molecule has 4 nitrogen and oxygen atoms in total. The molecule has 2 atom stereocenters. The van der Waals surface area contributed by atoms with E-state index in [4.69, 9.17) is 0 Å². The van der Waals surface area contributed by atoms with Gasteiger partial charge in [0.25, 0.3) is 0 Å². The smallest absolute Gasteiger partial charge is 0.246 e. The van der Waals surface area contributed by atoms with Gasteiger partial charge in [0.05, 0.1) is 23.5 Å². The van der Waals surface area contributed by atoms with Crippen LogP contribution in [-0.2, 0) is 0 Å². The summed E-state index contributed by atoms with van der Waals surface area (Å²) >= 11 is 0. The van der Waals surface area contributed by atoms with Gasteiger partial charge >= 0.3 is 5.95 Å². The van der Waals surface area contributed by atoms with Crippen molar-refractivity contribution in [3.63, 3.8) is 0 Å². The largest absolute Gasteiger partial charge is 0.381 e. The molecule has 0 N–H and O–H groups in total. The highest BCUT2D eigenvalue weighted by Crippen LogP contribution is 2.25. The van der Waals surface area contributed by atoms with Gasteiger partial charge in [-0.25, -0.2) is 19.3 Å². The fraction of sp³-hybridized carbons (Fsp3) is 0.429. The second kappa shape index (κ2) is 5.56. The van der Waals surface area contributed by atoms with Crippen molar-refractivity contribution < 1.29 is 13.3 Å². The van der Waals surface area contributed by atoms with Crippen LogP contribution in [0.15, 0.2) is 18.7 Å². The van der Waals surface area contributed by atoms with Crippen molar-refractivity contribution >= 4 is 0 Å². The second-order valence-electron chi connectivity index (χ2n) is 4.90. The van der Waals surface area contributed by atoms with Crippen LogP contribution in [0.2, 0.25) is 0 Å². The van der Waals surface area contributed by atoms with Crippen LogP contribution >= 0.6 is 0 Å². The first-order valence-electron chi connectivity index (χ1n) is 6.42. The van der Waals surface area contributed by atoms with Crippen LogP contribution in [0.3, 0.4) is 0 Å². The number of nitrogens with zero attached hydrogens (tertiary/aromatic N) is 4. The second-order valence-corrected chi connectivity index (χ2v) is 4.90. The minimum Gasteiger partial charge on any atom is -0.246 e. The van der Waals surface area contributed by atoms with Crippen LogP contribution in [-0.4, -0.2) is 15.0 Å². The molecule has 0 saturated heterocycles. The average Bonchev–Trinajstić information content (AvgIpc) is 2.43. The zero-order chi connectivity index (χ0) is 14.9. The molecule has 2 aromatic rings. The van der Waals surface area contributed by atoms with Crippen LogP contribution in [0.5, 0.6) is 0 Å². The molecule has 0 fully saturated rings. The Bertz CT molecular complexity index is 575. The van der Waals surface area contributed by atoms with Gasteiger partial charge in [0.1, 0.15) is 12.0 Å². The van der Waals surface area contributed by atoms with E-state index in [2.05, 4.69) is 15.0 Å². The van der Waals surface area contributed by atoms with Gasteiger partial charge in [-0.2, -0.15) is 4.57 Å². The number of halogens is 2. The van der Waals surface area contributed by atoms with Crippen molar-refractivity contribution in [1.82, 2.24) is 15.0 Å². The number of rotatable bonds is 3. The number of aryl methyl sites for hydroxylation is 2. The Kier molecular flexibility index (Phi) is 4.01. The first-order chi connectivity index (χ1) is 9.43. The number of hydrogen-bond donors (Lipinski definition) is 0. The van der Waals surface area contributed by atoms with Gasteiger partial charge in [0, 0.05) is 0 Å². The fourth-order valence-electron chi connectivity index (χ4n) is 2.10. The molecule has 0 saturated carbocycles. The summed E-state index contributed by atoms with van der Waals surface area (Å²) in [5.74, 6) is -1.14. The third-order valence-corrected chi connectivity index (χ3v) is 3.61. The molecule has 20 heavy (non-hydrogen) atoms. The monoisotopic (exact) mass is 279 g/mol. The quantitative estimate of drug-likeness (QED) is 0.810. The summed E-state index contributed by atoms with van der Waals surface area (Å²) in [6.45, 7) is 6.82. The van der Waals surface area contributed by atoms with E-state index in [9.17, 15) is 8.78 Å². The first kappa shape index (κ1) is 14.4. The first-order valence-corrected chi connectivity index (χ1v) is 6.42. The van der Waals surface area contributed by atoms with Gasteiger partial charge in [-0.05, 0) is 20.8 Å². The lowest BCUT2D eigenvalue weighted by molar-refractivity contribution is -0.749. The molecule has 0 amide bonds. The summed E-state index contributed by atoms with van der Waals surface area (Å²) in [6.07, 6.45) is 4.41.